The average Bonchev–Trinajstić information content (AvgIpc) is 2.37. The average molecular weight is 272 g/mol. The van der Waals surface area contributed by atoms with Gasteiger partial charge in [0, 0.05) is 0 Å². The van der Waals surface area contributed by atoms with Crippen LogP contribution in [0.15, 0.2) is 0 Å². The number of hydrogen-bond acceptors (Lipinski definition) is 4. The molecule has 0 heterocycles. The van der Waals surface area contributed by atoms with Gasteiger partial charge in [0.15, 0.2) is 0 Å². The molecule has 112 valence electrons. The first-order valence-corrected chi connectivity index (χ1v) is 7.49. The van der Waals surface area contributed by atoms with E-state index in [2.05, 4.69) is 6.92 Å². The van der Waals surface area contributed by atoms with Gasteiger partial charge >= 0.3 is 11.9 Å². The van der Waals surface area contributed by atoms with Crippen molar-refractivity contribution in [1.82, 2.24) is 0 Å². The second kappa shape index (κ2) is 12.0. The van der Waals surface area contributed by atoms with Gasteiger partial charge in [0.05, 0.1) is 6.61 Å². The van der Waals surface area contributed by atoms with Crippen LogP contribution in [0.4, 0.5) is 0 Å². The van der Waals surface area contributed by atoms with Crippen molar-refractivity contribution in [3.05, 3.63) is 0 Å². The lowest BCUT2D eigenvalue weighted by Crippen LogP contribution is -2.20. The molecule has 4 nitrogen and oxygen atoms in total. The Bertz CT molecular complexity index is 251. The van der Waals surface area contributed by atoms with Crippen LogP contribution in [0.3, 0.4) is 0 Å². The summed E-state index contributed by atoms with van der Waals surface area (Å²) in [6.45, 7) is 6.54. The predicted molar refractivity (Wildman–Crippen MR) is 74.8 cm³/mol. The molecule has 0 radical (unpaired) electrons. The summed E-state index contributed by atoms with van der Waals surface area (Å²) in [5.74, 6) is -0.952. The van der Waals surface area contributed by atoms with Crippen molar-refractivity contribution in [2.24, 2.45) is 0 Å². The molecule has 0 bridgehead atoms. The van der Waals surface area contributed by atoms with Gasteiger partial charge in [-0.15, -0.1) is 0 Å². The molecule has 0 aromatic heterocycles. The monoisotopic (exact) mass is 272 g/mol. The molecule has 0 saturated heterocycles. The molecule has 1 atom stereocenters. The maximum absolute atomic E-state index is 11.5. The summed E-state index contributed by atoms with van der Waals surface area (Å²) >= 11 is 0. The van der Waals surface area contributed by atoms with E-state index in [1.807, 2.05) is 13.8 Å². The number of carbonyl (C=O) groups excluding carboxylic acids is 2. The number of esters is 2. The summed E-state index contributed by atoms with van der Waals surface area (Å²) in [5, 5.41) is 0. The van der Waals surface area contributed by atoms with Crippen LogP contribution < -0.4 is 0 Å². The van der Waals surface area contributed by atoms with Gasteiger partial charge in [0.2, 0.25) is 0 Å². The van der Waals surface area contributed by atoms with Gasteiger partial charge in [-0.05, 0) is 19.3 Å². The van der Waals surface area contributed by atoms with Crippen molar-refractivity contribution in [3.8, 4) is 0 Å². The molecule has 0 aliphatic carbocycles. The van der Waals surface area contributed by atoms with Crippen molar-refractivity contribution in [2.45, 2.75) is 78.2 Å². The summed E-state index contributed by atoms with van der Waals surface area (Å²) in [7, 11) is 0. The first kappa shape index (κ1) is 17.9. The highest BCUT2D eigenvalue weighted by atomic mass is 16.6. The minimum absolute atomic E-state index is 0.0742. The van der Waals surface area contributed by atoms with Crippen molar-refractivity contribution in [2.75, 3.05) is 6.61 Å². The molecule has 0 spiro atoms. The normalized spacial score (nSPS) is 11.9. The standard InChI is InChI=1S/C15H28O4/c1-4-7-8-9-11-18-14(16)12-15(17)19-13(6-3)10-5-2/h13H,4-12H2,1-3H3. The Kier molecular flexibility index (Phi) is 11.3. The molecular formula is C15H28O4. The fourth-order valence-electron chi connectivity index (χ4n) is 1.78. The van der Waals surface area contributed by atoms with Gasteiger partial charge in [-0.2, -0.15) is 0 Å². The topological polar surface area (TPSA) is 52.6 Å². The van der Waals surface area contributed by atoms with E-state index in [0.717, 1.165) is 44.9 Å². The molecular weight excluding hydrogens is 244 g/mol. The largest absolute Gasteiger partial charge is 0.465 e. The molecule has 0 aliphatic heterocycles. The summed E-state index contributed by atoms with van der Waals surface area (Å²) in [6, 6.07) is 0. The summed E-state index contributed by atoms with van der Waals surface area (Å²) < 4.78 is 10.2. The van der Waals surface area contributed by atoms with E-state index in [1.54, 1.807) is 0 Å². The third kappa shape index (κ3) is 10.5. The molecule has 0 saturated carbocycles. The zero-order valence-electron chi connectivity index (χ0n) is 12.6. The molecule has 4 heteroatoms. The van der Waals surface area contributed by atoms with Crippen LogP contribution in [0.2, 0.25) is 0 Å². The number of ether oxygens (including phenoxy) is 2. The number of carbonyl (C=O) groups is 2. The second-order valence-corrected chi connectivity index (χ2v) is 4.77. The first-order valence-electron chi connectivity index (χ1n) is 7.49. The van der Waals surface area contributed by atoms with E-state index in [9.17, 15) is 9.59 Å². The highest BCUT2D eigenvalue weighted by Crippen LogP contribution is 2.08. The number of rotatable bonds is 11. The summed E-state index contributed by atoms with van der Waals surface area (Å²) in [6.07, 6.45) is 6.46. The van der Waals surface area contributed by atoms with Crippen LogP contribution in [-0.4, -0.2) is 24.6 Å². The van der Waals surface area contributed by atoms with E-state index in [-0.39, 0.29) is 12.5 Å². The minimum Gasteiger partial charge on any atom is -0.465 e. The SMILES string of the molecule is CCCCCCOC(=O)CC(=O)OC(CC)CCC. The van der Waals surface area contributed by atoms with Crippen LogP contribution in [-0.2, 0) is 19.1 Å². The highest BCUT2D eigenvalue weighted by molar-refractivity contribution is 5.91. The molecule has 0 aromatic rings. The lowest BCUT2D eigenvalue weighted by atomic mass is 10.1. The van der Waals surface area contributed by atoms with Crippen molar-refractivity contribution in [3.63, 3.8) is 0 Å². The van der Waals surface area contributed by atoms with Gasteiger partial charge in [0.25, 0.3) is 0 Å². The summed E-state index contributed by atoms with van der Waals surface area (Å²) in [4.78, 5) is 22.9. The van der Waals surface area contributed by atoms with Crippen LogP contribution in [0, 0.1) is 0 Å². The molecule has 0 amide bonds. The molecule has 1 unspecified atom stereocenters. The molecule has 19 heavy (non-hydrogen) atoms. The Morgan fingerprint density at radius 2 is 1.68 bits per heavy atom. The number of hydrogen-bond donors (Lipinski definition) is 0. The zero-order chi connectivity index (χ0) is 14.5. The molecule has 0 rings (SSSR count). The molecule has 0 aliphatic rings. The predicted octanol–water partition coefficient (Wildman–Crippen LogP) is 3.62. The van der Waals surface area contributed by atoms with Crippen LogP contribution in [0.5, 0.6) is 0 Å². The molecule has 0 aromatic carbocycles. The van der Waals surface area contributed by atoms with Crippen molar-refractivity contribution >= 4 is 11.9 Å². The second-order valence-electron chi connectivity index (χ2n) is 4.77. The van der Waals surface area contributed by atoms with E-state index >= 15 is 0 Å². The highest BCUT2D eigenvalue weighted by Gasteiger charge is 2.16. The third-order valence-corrected chi connectivity index (χ3v) is 2.91. The Hall–Kier alpha value is -1.06. The summed E-state index contributed by atoms with van der Waals surface area (Å²) in [5.41, 5.74) is 0. The molecule has 0 fully saturated rings. The van der Waals surface area contributed by atoms with Crippen molar-refractivity contribution in [1.29, 1.82) is 0 Å². The van der Waals surface area contributed by atoms with E-state index in [0.29, 0.717) is 6.61 Å². The van der Waals surface area contributed by atoms with Gasteiger partial charge in [-0.3, -0.25) is 9.59 Å². The van der Waals surface area contributed by atoms with E-state index in [1.165, 1.54) is 0 Å². The Morgan fingerprint density at radius 1 is 0.947 bits per heavy atom. The maximum atomic E-state index is 11.5. The maximum Gasteiger partial charge on any atom is 0.317 e. The van der Waals surface area contributed by atoms with Crippen molar-refractivity contribution < 1.29 is 19.1 Å². The Balaban J connectivity index is 3.70. The number of unbranched alkanes of at least 4 members (excludes halogenated alkanes) is 3. The van der Waals surface area contributed by atoms with Crippen LogP contribution >= 0.6 is 0 Å². The van der Waals surface area contributed by atoms with Crippen LogP contribution in [0.1, 0.15) is 72.1 Å². The van der Waals surface area contributed by atoms with E-state index in [4.69, 9.17) is 9.47 Å². The fraction of sp³-hybridized carbons (Fsp3) is 0.867. The Labute approximate surface area is 116 Å². The quantitative estimate of drug-likeness (QED) is 0.327. The Morgan fingerprint density at radius 3 is 2.26 bits per heavy atom. The smallest absolute Gasteiger partial charge is 0.317 e. The van der Waals surface area contributed by atoms with Gasteiger partial charge in [-0.25, -0.2) is 0 Å². The third-order valence-electron chi connectivity index (χ3n) is 2.91. The van der Waals surface area contributed by atoms with Crippen LogP contribution in [0.25, 0.3) is 0 Å². The lowest BCUT2D eigenvalue weighted by molar-refractivity contribution is -0.158. The zero-order valence-corrected chi connectivity index (χ0v) is 12.6. The fourth-order valence-corrected chi connectivity index (χ4v) is 1.78. The van der Waals surface area contributed by atoms with Gasteiger partial charge < -0.3 is 9.47 Å². The van der Waals surface area contributed by atoms with E-state index < -0.39 is 11.9 Å². The lowest BCUT2D eigenvalue weighted by Gasteiger charge is -2.14. The molecule has 0 N–H and O–H groups in total. The minimum atomic E-state index is -0.479. The van der Waals surface area contributed by atoms with Gasteiger partial charge in [-0.1, -0.05) is 46.5 Å². The van der Waals surface area contributed by atoms with Gasteiger partial charge in [0.1, 0.15) is 12.5 Å². The first-order chi connectivity index (χ1) is 9.13.